The molecule has 8 heteroatoms. The van der Waals surface area contributed by atoms with Crippen LogP contribution in [0.2, 0.25) is 0 Å². The molecule has 40 heavy (non-hydrogen) atoms. The highest BCUT2D eigenvalue weighted by Crippen LogP contribution is 2.57. The molecule has 0 bridgehead atoms. The molecule has 1 N–H and O–H groups in total. The SMILES string of the molecule is C=Cc1ccc(N2C(=O)C3CC=C4C(c5cccc(OCC)c5O)C5=C(CC4C3C2=O)C(=O)C(Br)=CC5=O)cc1. The second-order valence-corrected chi connectivity index (χ2v) is 11.2. The molecule has 2 amide bonds. The first-order valence-corrected chi connectivity index (χ1v) is 14.0. The smallest absolute Gasteiger partial charge is 0.238 e. The number of para-hydroxylation sites is 1. The van der Waals surface area contributed by atoms with Gasteiger partial charge in [-0.1, -0.05) is 48.6 Å². The lowest BCUT2D eigenvalue weighted by Crippen LogP contribution is -2.39. The minimum Gasteiger partial charge on any atom is -0.504 e. The fraction of sp³-hybridized carbons (Fsp3) is 0.250. The monoisotopic (exact) mass is 599 g/mol. The summed E-state index contributed by atoms with van der Waals surface area (Å²) in [7, 11) is 0. The third-order valence-electron chi connectivity index (χ3n) is 8.36. The molecule has 0 radical (unpaired) electrons. The number of halogens is 1. The molecule has 6 rings (SSSR count). The molecule has 1 aliphatic heterocycles. The van der Waals surface area contributed by atoms with Crippen LogP contribution in [0.15, 0.2) is 82.4 Å². The van der Waals surface area contributed by atoms with Gasteiger partial charge in [0.15, 0.2) is 23.1 Å². The lowest BCUT2D eigenvalue weighted by atomic mass is 9.59. The molecule has 0 aromatic heterocycles. The van der Waals surface area contributed by atoms with Crippen LogP contribution in [0.25, 0.3) is 6.08 Å². The van der Waals surface area contributed by atoms with Gasteiger partial charge in [-0.05, 0) is 65.4 Å². The Hall–Kier alpha value is -4.04. The van der Waals surface area contributed by atoms with Gasteiger partial charge in [-0.3, -0.25) is 24.1 Å². The van der Waals surface area contributed by atoms with Crippen LogP contribution in [0.3, 0.4) is 0 Å². The number of aromatic hydroxyl groups is 1. The van der Waals surface area contributed by atoms with E-state index in [1.807, 2.05) is 6.08 Å². The number of fused-ring (bicyclic) bond motifs is 3. The number of Topliss-reactive ketones (excluding diaryl/α,β-unsaturated/α-hetero) is 1. The Morgan fingerprint density at radius 2 is 1.82 bits per heavy atom. The van der Waals surface area contributed by atoms with E-state index in [0.29, 0.717) is 35.4 Å². The molecule has 0 spiro atoms. The number of anilines is 1. The molecule has 4 aliphatic rings. The average Bonchev–Trinajstić information content (AvgIpc) is 3.21. The van der Waals surface area contributed by atoms with E-state index < -0.39 is 23.7 Å². The Kier molecular flexibility index (Phi) is 6.45. The summed E-state index contributed by atoms with van der Waals surface area (Å²) < 4.78 is 5.77. The lowest BCUT2D eigenvalue weighted by Gasteiger charge is -2.42. The lowest BCUT2D eigenvalue weighted by molar-refractivity contribution is -0.123. The van der Waals surface area contributed by atoms with E-state index in [2.05, 4.69) is 22.5 Å². The minimum absolute atomic E-state index is 0.114. The number of hydrogen-bond acceptors (Lipinski definition) is 6. The van der Waals surface area contributed by atoms with E-state index in [1.165, 1.54) is 11.0 Å². The van der Waals surface area contributed by atoms with Crippen LogP contribution in [0.1, 0.15) is 36.8 Å². The number of rotatable bonds is 5. The zero-order chi connectivity index (χ0) is 28.3. The van der Waals surface area contributed by atoms with Crippen LogP contribution in [0, 0.1) is 17.8 Å². The van der Waals surface area contributed by atoms with Crippen molar-refractivity contribution in [3.05, 3.63) is 93.5 Å². The van der Waals surface area contributed by atoms with Crippen molar-refractivity contribution in [1.82, 2.24) is 0 Å². The van der Waals surface area contributed by atoms with Gasteiger partial charge in [0.2, 0.25) is 11.8 Å². The Balaban J connectivity index is 1.48. The van der Waals surface area contributed by atoms with Gasteiger partial charge in [-0.15, -0.1) is 0 Å². The van der Waals surface area contributed by atoms with Gasteiger partial charge < -0.3 is 9.84 Å². The van der Waals surface area contributed by atoms with Crippen molar-refractivity contribution in [2.75, 3.05) is 11.5 Å². The normalized spacial score (nSPS) is 25.7. The maximum Gasteiger partial charge on any atom is 0.238 e. The average molecular weight is 600 g/mol. The predicted octanol–water partition coefficient (Wildman–Crippen LogP) is 5.40. The third kappa shape index (κ3) is 3.84. The number of imide groups is 1. The van der Waals surface area contributed by atoms with Crippen molar-refractivity contribution in [1.29, 1.82) is 0 Å². The fourth-order valence-corrected chi connectivity index (χ4v) is 7.07. The van der Waals surface area contributed by atoms with Gasteiger partial charge in [-0.2, -0.15) is 0 Å². The number of hydrogen-bond donors (Lipinski definition) is 1. The molecule has 2 aromatic rings. The Morgan fingerprint density at radius 3 is 2.52 bits per heavy atom. The number of carbonyl (C=O) groups excluding carboxylic acids is 4. The molecular formula is C32H26BrNO6. The highest BCUT2D eigenvalue weighted by atomic mass is 79.9. The maximum atomic E-state index is 14.0. The Labute approximate surface area is 239 Å². The number of amides is 2. The van der Waals surface area contributed by atoms with Crippen molar-refractivity contribution >= 4 is 51.1 Å². The second kappa shape index (κ2) is 9.86. The molecule has 3 aliphatic carbocycles. The molecule has 4 atom stereocenters. The Morgan fingerprint density at radius 1 is 1.07 bits per heavy atom. The van der Waals surface area contributed by atoms with Gasteiger partial charge in [0.25, 0.3) is 0 Å². The highest BCUT2D eigenvalue weighted by Gasteiger charge is 2.57. The maximum absolute atomic E-state index is 14.0. The van der Waals surface area contributed by atoms with Crippen LogP contribution in [-0.2, 0) is 19.2 Å². The second-order valence-electron chi connectivity index (χ2n) is 10.3. The van der Waals surface area contributed by atoms with Crippen LogP contribution in [-0.4, -0.2) is 35.1 Å². The summed E-state index contributed by atoms with van der Waals surface area (Å²) in [5.74, 6) is -3.64. The highest BCUT2D eigenvalue weighted by molar-refractivity contribution is 9.12. The predicted molar refractivity (Wildman–Crippen MR) is 153 cm³/mol. The molecule has 4 unspecified atom stereocenters. The van der Waals surface area contributed by atoms with Crippen molar-refractivity contribution in [2.24, 2.45) is 17.8 Å². The van der Waals surface area contributed by atoms with Crippen LogP contribution in [0.5, 0.6) is 11.5 Å². The van der Waals surface area contributed by atoms with Crippen LogP contribution < -0.4 is 9.64 Å². The molecule has 7 nitrogen and oxygen atoms in total. The summed E-state index contributed by atoms with van der Waals surface area (Å²) in [5, 5.41) is 11.2. The summed E-state index contributed by atoms with van der Waals surface area (Å²) in [6, 6.07) is 12.1. The van der Waals surface area contributed by atoms with Gasteiger partial charge >= 0.3 is 0 Å². The van der Waals surface area contributed by atoms with Gasteiger partial charge in [0.1, 0.15) is 0 Å². The summed E-state index contributed by atoms with van der Waals surface area (Å²) >= 11 is 3.23. The number of benzene rings is 2. The summed E-state index contributed by atoms with van der Waals surface area (Å²) in [6.07, 6.45) is 5.35. The van der Waals surface area contributed by atoms with E-state index in [1.54, 1.807) is 55.5 Å². The Bertz CT molecular complexity index is 1600. The minimum atomic E-state index is -0.757. The molecule has 2 aromatic carbocycles. The quantitative estimate of drug-likeness (QED) is 0.280. The fourth-order valence-electron chi connectivity index (χ4n) is 6.62. The first-order chi connectivity index (χ1) is 19.3. The molecule has 202 valence electrons. The van der Waals surface area contributed by atoms with Crippen molar-refractivity contribution in [2.45, 2.75) is 25.7 Å². The van der Waals surface area contributed by atoms with Gasteiger partial charge in [0, 0.05) is 28.7 Å². The number of phenolic OH excluding ortho intramolecular Hbond substituents is 1. The van der Waals surface area contributed by atoms with E-state index in [9.17, 15) is 24.3 Å². The molecular weight excluding hydrogens is 574 g/mol. The van der Waals surface area contributed by atoms with E-state index in [-0.39, 0.29) is 45.8 Å². The number of ketones is 2. The molecule has 1 saturated heterocycles. The van der Waals surface area contributed by atoms with Gasteiger partial charge in [0.05, 0.1) is 28.6 Å². The van der Waals surface area contributed by atoms with Crippen molar-refractivity contribution in [3.63, 3.8) is 0 Å². The van der Waals surface area contributed by atoms with Crippen LogP contribution >= 0.6 is 15.9 Å². The molecule has 1 heterocycles. The standard InChI is InChI=1S/C32H26BrNO6/c1-3-16-8-10-17(11-9-16)34-31(38)20-13-12-18-21(27(20)32(34)39)14-22-28(24(35)15-23(33)29(22)36)26(18)19-6-5-7-25(30(19)37)40-4-2/h3,5-12,15,20-21,26-27,37H,1,4,13-14H2,2H3. The third-order valence-corrected chi connectivity index (χ3v) is 8.95. The number of carbonyl (C=O) groups is 4. The van der Waals surface area contributed by atoms with Crippen molar-refractivity contribution in [3.8, 4) is 11.5 Å². The first kappa shape index (κ1) is 26.2. The first-order valence-electron chi connectivity index (χ1n) is 13.2. The number of phenols is 1. The molecule has 1 fully saturated rings. The van der Waals surface area contributed by atoms with E-state index in [4.69, 9.17) is 4.74 Å². The van der Waals surface area contributed by atoms with Gasteiger partial charge in [-0.25, -0.2) is 0 Å². The van der Waals surface area contributed by atoms with E-state index >= 15 is 0 Å². The topological polar surface area (TPSA) is 101 Å². The molecule has 0 saturated carbocycles. The summed E-state index contributed by atoms with van der Waals surface area (Å²) in [4.78, 5) is 55.6. The number of nitrogens with zero attached hydrogens (tertiary/aromatic N) is 1. The van der Waals surface area contributed by atoms with Crippen LogP contribution in [0.4, 0.5) is 5.69 Å². The number of ether oxygens (including phenoxy) is 1. The van der Waals surface area contributed by atoms with E-state index in [0.717, 1.165) is 11.1 Å². The summed E-state index contributed by atoms with van der Waals surface area (Å²) in [6.45, 7) is 5.89. The zero-order valence-electron chi connectivity index (χ0n) is 21.7. The number of allylic oxidation sites excluding steroid dienone is 6. The zero-order valence-corrected chi connectivity index (χ0v) is 23.3. The largest absolute Gasteiger partial charge is 0.504 e. The van der Waals surface area contributed by atoms with Crippen molar-refractivity contribution < 1.29 is 29.0 Å². The summed E-state index contributed by atoms with van der Waals surface area (Å²) in [5.41, 5.74) is 3.15.